The third-order valence-corrected chi connectivity index (χ3v) is 3.94. The monoisotopic (exact) mass is 374 g/mol. The Bertz CT molecular complexity index is 698. The van der Waals surface area contributed by atoms with Crippen LogP contribution in [0.4, 0.5) is 0 Å². The number of rotatable bonds is 5. The lowest BCUT2D eigenvalue weighted by Crippen LogP contribution is -2.38. The summed E-state index contributed by atoms with van der Waals surface area (Å²) in [6.45, 7) is 3.88. The van der Waals surface area contributed by atoms with Crippen LogP contribution in [0.3, 0.4) is 0 Å². The molecule has 1 atom stereocenters. The van der Waals surface area contributed by atoms with Crippen molar-refractivity contribution >= 4 is 27.7 Å². The molecule has 120 valence electrons. The molecule has 0 saturated heterocycles. The topological polar surface area (TPSA) is 58.2 Å². The molecular formula is C18H19BrN2O2. The van der Waals surface area contributed by atoms with Crippen molar-refractivity contribution < 1.29 is 9.59 Å². The van der Waals surface area contributed by atoms with E-state index in [-0.39, 0.29) is 24.4 Å². The van der Waals surface area contributed by atoms with Crippen molar-refractivity contribution in [2.24, 2.45) is 0 Å². The minimum Gasteiger partial charge on any atom is -0.348 e. The van der Waals surface area contributed by atoms with E-state index in [1.54, 1.807) is 18.2 Å². The Morgan fingerprint density at radius 3 is 2.48 bits per heavy atom. The first-order valence-electron chi connectivity index (χ1n) is 7.35. The lowest BCUT2D eigenvalue weighted by Gasteiger charge is -2.15. The molecule has 4 nitrogen and oxygen atoms in total. The molecule has 5 heteroatoms. The fourth-order valence-electron chi connectivity index (χ4n) is 2.12. The second-order valence-electron chi connectivity index (χ2n) is 5.39. The number of hydrogen-bond donors (Lipinski definition) is 2. The van der Waals surface area contributed by atoms with Gasteiger partial charge in [0.1, 0.15) is 0 Å². The molecule has 0 saturated carbocycles. The van der Waals surface area contributed by atoms with Crippen molar-refractivity contribution in [3.63, 3.8) is 0 Å². The van der Waals surface area contributed by atoms with Crippen molar-refractivity contribution in [3.8, 4) is 0 Å². The van der Waals surface area contributed by atoms with E-state index in [0.29, 0.717) is 5.56 Å². The second kappa shape index (κ2) is 7.92. The summed E-state index contributed by atoms with van der Waals surface area (Å²) in [6.07, 6.45) is 0. The molecule has 0 fully saturated rings. The van der Waals surface area contributed by atoms with Gasteiger partial charge in [-0.15, -0.1) is 0 Å². The van der Waals surface area contributed by atoms with Gasteiger partial charge in [0.05, 0.1) is 12.6 Å². The van der Waals surface area contributed by atoms with Gasteiger partial charge in [-0.05, 0) is 37.6 Å². The Morgan fingerprint density at radius 1 is 1.13 bits per heavy atom. The van der Waals surface area contributed by atoms with Gasteiger partial charge in [-0.25, -0.2) is 0 Å². The highest BCUT2D eigenvalue weighted by Gasteiger charge is 2.11. The van der Waals surface area contributed by atoms with Crippen molar-refractivity contribution in [1.82, 2.24) is 10.6 Å². The summed E-state index contributed by atoms with van der Waals surface area (Å²) < 4.78 is 0.822. The Labute approximate surface area is 144 Å². The van der Waals surface area contributed by atoms with Gasteiger partial charge in [-0.1, -0.05) is 51.8 Å². The summed E-state index contributed by atoms with van der Waals surface area (Å²) in [5.74, 6) is -0.495. The second-order valence-corrected chi connectivity index (χ2v) is 6.31. The molecule has 23 heavy (non-hydrogen) atoms. The molecule has 1 unspecified atom stereocenters. The van der Waals surface area contributed by atoms with E-state index in [1.807, 2.05) is 44.2 Å². The molecule has 0 aliphatic carbocycles. The molecule has 2 aromatic rings. The molecule has 2 aromatic carbocycles. The molecule has 0 radical (unpaired) electrons. The van der Waals surface area contributed by atoms with Crippen LogP contribution < -0.4 is 10.6 Å². The first kappa shape index (κ1) is 17.2. The van der Waals surface area contributed by atoms with Gasteiger partial charge < -0.3 is 10.6 Å². The first-order valence-corrected chi connectivity index (χ1v) is 8.14. The highest BCUT2D eigenvalue weighted by atomic mass is 79.9. The quantitative estimate of drug-likeness (QED) is 0.842. The van der Waals surface area contributed by atoms with E-state index in [0.717, 1.165) is 10.0 Å². The predicted molar refractivity (Wildman–Crippen MR) is 94.2 cm³/mol. The van der Waals surface area contributed by atoms with E-state index < -0.39 is 0 Å². The molecule has 0 heterocycles. The van der Waals surface area contributed by atoms with E-state index in [9.17, 15) is 9.59 Å². The average molecular weight is 375 g/mol. The van der Waals surface area contributed by atoms with E-state index in [1.165, 1.54) is 5.56 Å². The standard InChI is InChI=1S/C18H19BrN2O2/c1-12-6-8-14(9-7-12)13(2)21-17(22)11-20-18(23)15-4-3-5-16(19)10-15/h3-10,13H,11H2,1-2H3,(H,20,23)(H,21,22). The van der Waals surface area contributed by atoms with Gasteiger partial charge in [0.25, 0.3) is 5.91 Å². The Balaban J connectivity index is 1.85. The normalized spacial score (nSPS) is 11.6. The molecule has 0 aliphatic rings. The smallest absolute Gasteiger partial charge is 0.251 e. The number of carbonyl (C=O) groups excluding carboxylic acids is 2. The van der Waals surface area contributed by atoms with Crippen LogP contribution in [0.25, 0.3) is 0 Å². The van der Waals surface area contributed by atoms with Crippen LogP contribution in [-0.4, -0.2) is 18.4 Å². The van der Waals surface area contributed by atoms with Crippen molar-refractivity contribution in [2.75, 3.05) is 6.54 Å². The summed E-state index contributed by atoms with van der Waals surface area (Å²) >= 11 is 3.31. The third-order valence-electron chi connectivity index (χ3n) is 3.45. The zero-order valence-electron chi connectivity index (χ0n) is 13.1. The van der Waals surface area contributed by atoms with Crippen LogP contribution in [-0.2, 0) is 4.79 Å². The lowest BCUT2D eigenvalue weighted by atomic mass is 10.1. The van der Waals surface area contributed by atoms with Crippen LogP contribution in [0, 0.1) is 6.92 Å². The van der Waals surface area contributed by atoms with Crippen LogP contribution >= 0.6 is 15.9 Å². The maximum absolute atomic E-state index is 12.0. The van der Waals surface area contributed by atoms with Gasteiger partial charge >= 0.3 is 0 Å². The van der Waals surface area contributed by atoms with Gasteiger partial charge in [0, 0.05) is 10.0 Å². The molecule has 2 amide bonds. The van der Waals surface area contributed by atoms with Crippen LogP contribution in [0.2, 0.25) is 0 Å². The summed E-state index contributed by atoms with van der Waals surface area (Å²) in [7, 11) is 0. The minimum atomic E-state index is -0.274. The highest BCUT2D eigenvalue weighted by molar-refractivity contribution is 9.10. The number of halogens is 1. The van der Waals surface area contributed by atoms with Crippen molar-refractivity contribution in [1.29, 1.82) is 0 Å². The molecule has 0 bridgehead atoms. The van der Waals surface area contributed by atoms with Gasteiger partial charge in [0.2, 0.25) is 5.91 Å². The maximum atomic E-state index is 12.0. The molecule has 2 rings (SSSR count). The van der Waals surface area contributed by atoms with E-state index in [4.69, 9.17) is 0 Å². The molecule has 2 N–H and O–H groups in total. The molecule has 0 aromatic heterocycles. The fourth-order valence-corrected chi connectivity index (χ4v) is 2.52. The van der Waals surface area contributed by atoms with Gasteiger partial charge in [-0.3, -0.25) is 9.59 Å². The number of nitrogens with one attached hydrogen (secondary N) is 2. The van der Waals surface area contributed by atoms with Crippen LogP contribution in [0.5, 0.6) is 0 Å². The third kappa shape index (κ3) is 5.21. The zero-order valence-corrected chi connectivity index (χ0v) is 14.7. The fraction of sp³-hybridized carbons (Fsp3) is 0.222. The summed E-state index contributed by atoms with van der Waals surface area (Å²) in [6, 6.07) is 14.9. The Hall–Kier alpha value is -2.14. The number of carbonyl (C=O) groups is 2. The summed E-state index contributed by atoms with van der Waals surface area (Å²) in [5.41, 5.74) is 2.72. The number of benzene rings is 2. The molecule has 0 spiro atoms. The number of hydrogen-bond acceptors (Lipinski definition) is 2. The number of aryl methyl sites for hydroxylation is 1. The first-order chi connectivity index (χ1) is 11.0. The molecular weight excluding hydrogens is 356 g/mol. The van der Waals surface area contributed by atoms with Crippen molar-refractivity contribution in [3.05, 3.63) is 69.7 Å². The van der Waals surface area contributed by atoms with Crippen molar-refractivity contribution in [2.45, 2.75) is 19.9 Å². The van der Waals surface area contributed by atoms with Gasteiger partial charge in [0.15, 0.2) is 0 Å². The Kier molecular flexibility index (Phi) is 5.93. The van der Waals surface area contributed by atoms with Crippen LogP contribution in [0.1, 0.15) is 34.5 Å². The summed E-state index contributed by atoms with van der Waals surface area (Å²) in [5, 5.41) is 5.49. The average Bonchev–Trinajstić information content (AvgIpc) is 2.53. The lowest BCUT2D eigenvalue weighted by molar-refractivity contribution is -0.120. The highest BCUT2D eigenvalue weighted by Crippen LogP contribution is 2.13. The van der Waals surface area contributed by atoms with E-state index >= 15 is 0 Å². The number of amides is 2. The maximum Gasteiger partial charge on any atom is 0.251 e. The van der Waals surface area contributed by atoms with Gasteiger partial charge in [-0.2, -0.15) is 0 Å². The zero-order chi connectivity index (χ0) is 16.8. The van der Waals surface area contributed by atoms with Crippen LogP contribution in [0.15, 0.2) is 53.0 Å². The Morgan fingerprint density at radius 2 is 1.83 bits per heavy atom. The largest absolute Gasteiger partial charge is 0.348 e. The SMILES string of the molecule is Cc1ccc(C(C)NC(=O)CNC(=O)c2cccc(Br)c2)cc1. The molecule has 0 aliphatic heterocycles. The summed E-state index contributed by atoms with van der Waals surface area (Å²) in [4.78, 5) is 23.9. The predicted octanol–water partition coefficient (Wildman–Crippen LogP) is 3.36. The minimum absolute atomic E-state index is 0.0540. The van der Waals surface area contributed by atoms with E-state index in [2.05, 4.69) is 26.6 Å².